The van der Waals surface area contributed by atoms with Crippen LogP contribution in [0.15, 0.2) is 51.3 Å². The maximum absolute atomic E-state index is 5.66. The lowest BCUT2D eigenvalue weighted by Gasteiger charge is -2.14. The van der Waals surface area contributed by atoms with Gasteiger partial charge in [0, 0.05) is 39.4 Å². The van der Waals surface area contributed by atoms with E-state index in [0.717, 1.165) is 26.4 Å². The lowest BCUT2D eigenvalue weighted by atomic mass is 10.0. The summed E-state index contributed by atoms with van der Waals surface area (Å²) in [6.07, 6.45) is 9.32. The van der Waals surface area contributed by atoms with Crippen molar-refractivity contribution in [3.8, 4) is 5.75 Å². The number of ether oxygens (including phenoxy) is 1. The monoisotopic (exact) mass is 377 g/mol. The Labute approximate surface area is 132 Å². The lowest BCUT2D eigenvalue weighted by molar-refractivity contribution is 0.242. The Hall–Kier alpha value is -1.65. The van der Waals surface area contributed by atoms with Crippen LogP contribution in [0, 0.1) is 6.20 Å². The second-order valence-corrected chi connectivity index (χ2v) is 5.87. The summed E-state index contributed by atoms with van der Waals surface area (Å²) in [6.45, 7) is 4.05. The Morgan fingerprint density at radius 2 is 1.95 bits per heavy atom. The van der Waals surface area contributed by atoms with E-state index in [4.69, 9.17) is 4.74 Å². The third-order valence-corrected chi connectivity index (χ3v) is 3.72. The fourth-order valence-corrected chi connectivity index (χ4v) is 2.57. The van der Waals surface area contributed by atoms with Gasteiger partial charge in [0.15, 0.2) is 0 Å². The molecule has 2 aliphatic rings. The first-order chi connectivity index (χ1) is 9.63. The van der Waals surface area contributed by atoms with E-state index in [1.54, 1.807) is 0 Å². The highest BCUT2D eigenvalue weighted by molar-refractivity contribution is 14.1. The van der Waals surface area contributed by atoms with E-state index < -0.39 is 0 Å². The summed E-state index contributed by atoms with van der Waals surface area (Å²) in [7, 11) is 0. The van der Waals surface area contributed by atoms with Crippen LogP contribution in [-0.2, 0) is 0 Å². The Morgan fingerprint density at radius 1 is 1.20 bits per heavy atom. The van der Waals surface area contributed by atoms with Crippen molar-refractivity contribution in [2.45, 2.75) is 20.0 Å². The van der Waals surface area contributed by atoms with E-state index in [2.05, 4.69) is 58.2 Å². The van der Waals surface area contributed by atoms with Crippen molar-refractivity contribution in [2.24, 2.45) is 4.99 Å². The van der Waals surface area contributed by atoms with Gasteiger partial charge in [0.1, 0.15) is 5.75 Å². The number of halogens is 1. The van der Waals surface area contributed by atoms with Crippen LogP contribution in [0.3, 0.4) is 0 Å². The zero-order valence-electron chi connectivity index (χ0n) is 11.3. The van der Waals surface area contributed by atoms with Crippen LogP contribution in [0.1, 0.15) is 19.4 Å². The fraction of sp³-hybridized carbons (Fsp3) is 0.188. The van der Waals surface area contributed by atoms with E-state index in [1.807, 2.05) is 37.0 Å². The molecule has 0 saturated heterocycles. The molecule has 1 aromatic rings. The van der Waals surface area contributed by atoms with Gasteiger partial charge in [-0.3, -0.25) is 0 Å². The molecule has 0 bridgehead atoms. The number of allylic oxidation sites excluding steroid dienone is 2. The van der Waals surface area contributed by atoms with Gasteiger partial charge in [-0.15, -0.1) is 0 Å². The molecular weight excluding hydrogens is 363 g/mol. The molecule has 1 aromatic carbocycles. The van der Waals surface area contributed by atoms with Crippen molar-refractivity contribution < 1.29 is 4.74 Å². The summed E-state index contributed by atoms with van der Waals surface area (Å²) >= 11 is 2.23. The summed E-state index contributed by atoms with van der Waals surface area (Å²) in [5, 5.41) is 0. The standard InChI is InChI=1S/C16H14IN2O/c1-11(2)20-14-6-3-12(4-7-14)13-5-8-16-18-9-15(17)19(16)10-13/h3-8,10-11H,1-2H3/q+1. The third kappa shape index (κ3) is 2.62. The number of hydrogen-bond acceptors (Lipinski definition) is 3. The average molecular weight is 377 g/mol. The maximum Gasteiger partial charge on any atom is 0.290 e. The summed E-state index contributed by atoms with van der Waals surface area (Å²) in [6, 6.07) is 8.16. The molecule has 2 aliphatic heterocycles. The number of benzene rings is 1. The van der Waals surface area contributed by atoms with Gasteiger partial charge >= 0.3 is 0 Å². The quantitative estimate of drug-likeness (QED) is 0.450. The Bertz CT molecular complexity index is 639. The molecular formula is C16H14IN2O+. The van der Waals surface area contributed by atoms with E-state index in [0.29, 0.717) is 0 Å². The van der Waals surface area contributed by atoms with Gasteiger partial charge < -0.3 is 4.74 Å². The average Bonchev–Trinajstić information content (AvgIpc) is 2.80. The Morgan fingerprint density at radius 3 is 2.65 bits per heavy atom. The van der Waals surface area contributed by atoms with Crippen LogP contribution in [0.25, 0.3) is 5.57 Å². The third-order valence-electron chi connectivity index (χ3n) is 2.96. The topological polar surface area (TPSA) is 24.8 Å². The second kappa shape index (κ2) is 5.38. The SMILES string of the molecule is CC(C)Oc1ccc(C2=CN3C(I)=[C+]N=C3C=C2)cc1. The van der Waals surface area contributed by atoms with Gasteiger partial charge in [-0.1, -0.05) is 12.1 Å². The molecule has 3 rings (SSSR count). The number of rotatable bonds is 3. The van der Waals surface area contributed by atoms with Crippen molar-refractivity contribution in [3.63, 3.8) is 0 Å². The van der Waals surface area contributed by atoms with Crippen LogP contribution in [-0.4, -0.2) is 16.8 Å². The zero-order chi connectivity index (χ0) is 14.1. The van der Waals surface area contributed by atoms with E-state index in [-0.39, 0.29) is 6.10 Å². The van der Waals surface area contributed by atoms with Crippen molar-refractivity contribution in [1.29, 1.82) is 0 Å². The van der Waals surface area contributed by atoms with E-state index >= 15 is 0 Å². The van der Waals surface area contributed by atoms with Gasteiger partial charge in [-0.05, 0) is 37.6 Å². The highest BCUT2D eigenvalue weighted by Crippen LogP contribution is 2.29. The minimum atomic E-state index is 0.195. The highest BCUT2D eigenvalue weighted by atomic mass is 127. The number of hydrogen-bond donors (Lipinski definition) is 0. The van der Waals surface area contributed by atoms with Gasteiger partial charge in [-0.2, -0.15) is 4.90 Å². The smallest absolute Gasteiger partial charge is 0.290 e. The molecule has 0 N–H and O–H groups in total. The van der Waals surface area contributed by atoms with Crippen LogP contribution in [0.5, 0.6) is 5.75 Å². The van der Waals surface area contributed by atoms with Crippen LogP contribution < -0.4 is 4.74 Å². The van der Waals surface area contributed by atoms with Crippen molar-refractivity contribution in [1.82, 2.24) is 4.90 Å². The summed E-state index contributed by atoms with van der Waals surface area (Å²) in [4.78, 5) is 6.25. The summed E-state index contributed by atoms with van der Waals surface area (Å²) < 4.78 is 6.65. The highest BCUT2D eigenvalue weighted by Gasteiger charge is 2.30. The van der Waals surface area contributed by atoms with Gasteiger partial charge in [0.05, 0.1) is 12.2 Å². The van der Waals surface area contributed by atoms with Crippen molar-refractivity contribution in [3.05, 3.63) is 58.1 Å². The molecule has 3 nitrogen and oxygen atoms in total. The molecule has 0 atom stereocenters. The summed E-state index contributed by atoms with van der Waals surface area (Å²) in [5.74, 6) is 1.81. The molecule has 100 valence electrons. The predicted molar refractivity (Wildman–Crippen MR) is 89.4 cm³/mol. The number of fused-ring (bicyclic) bond motifs is 1. The Kier molecular flexibility index (Phi) is 3.59. The number of nitrogens with zero attached hydrogens (tertiary/aromatic N) is 2. The molecule has 0 aliphatic carbocycles. The summed E-state index contributed by atoms with van der Waals surface area (Å²) in [5.41, 5.74) is 2.31. The predicted octanol–water partition coefficient (Wildman–Crippen LogP) is 4.14. The Balaban J connectivity index is 1.83. The van der Waals surface area contributed by atoms with Gasteiger partial charge in [-0.25, -0.2) is 0 Å². The largest absolute Gasteiger partial charge is 0.491 e. The van der Waals surface area contributed by atoms with Gasteiger partial charge in [0.2, 0.25) is 0 Å². The minimum Gasteiger partial charge on any atom is -0.491 e. The molecule has 0 unspecified atom stereocenters. The second-order valence-electron chi connectivity index (χ2n) is 4.85. The first-order valence-electron chi connectivity index (χ1n) is 6.46. The molecule has 0 radical (unpaired) electrons. The molecule has 2 heterocycles. The van der Waals surface area contributed by atoms with Crippen molar-refractivity contribution >= 4 is 34.0 Å². The first kappa shape index (κ1) is 13.3. The van der Waals surface area contributed by atoms with E-state index in [1.165, 1.54) is 0 Å². The fourth-order valence-electron chi connectivity index (χ4n) is 2.07. The molecule has 0 spiro atoms. The normalized spacial score (nSPS) is 16.4. The van der Waals surface area contributed by atoms with Crippen LogP contribution in [0.2, 0.25) is 0 Å². The molecule has 20 heavy (non-hydrogen) atoms. The maximum atomic E-state index is 5.66. The number of amidine groups is 1. The minimum absolute atomic E-state index is 0.195. The molecule has 0 aromatic heterocycles. The molecule has 0 saturated carbocycles. The van der Waals surface area contributed by atoms with Gasteiger partial charge in [0.25, 0.3) is 15.7 Å². The molecule has 0 amide bonds. The van der Waals surface area contributed by atoms with Crippen LogP contribution >= 0.6 is 22.6 Å². The first-order valence-corrected chi connectivity index (χ1v) is 7.54. The molecule has 4 heteroatoms. The van der Waals surface area contributed by atoms with Crippen molar-refractivity contribution in [2.75, 3.05) is 0 Å². The number of aliphatic imine (C=N–C) groups is 1. The van der Waals surface area contributed by atoms with Crippen LogP contribution in [0.4, 0.5) is 0 Å². The van der Waals surface area contributed by atoms with E-state index in [9.17, 15) is 0 Å². The molecule has 0 fully saturated rings. The zero-order valence-corrected chi connectivity index (χ0v) is 13.5. The lowest BCUT2D eigenvalue weighted by Crippen LogP contribution is -2.20.